The van der Waals surface area contributed by atoms with Crippen molar-refractivity contribution in [1.82, 2.24) is 5.32 Å². The van der Waals surface area contributed by atoms with Crippen molar-refractivity contribution in [3.8, 4) is 0 Å². The van der Waals surface area contributed by atoms with Crippen LogP contribution in [0.4, 0.5) is 0 Å². The Morgan fingerprint density at radius 1 is 1.73 bits per heavy atom. The Labute approximate surface area is 72.9 Å². The Balaban J connectivity index is 2.37. The van der Waals surface area contributed by atoms with Crippen LogP contribution in [0.15, 0.2) is 23.9 Å². The lowest BCUT2D eigenvalue weighted by atomic mass is 10.0. The van der Waals surface area contributed by atoms with E-state index in [-0.39, 0.29) is 0 Å². The minimum Gasteiger partial charge on any atom is -0.388 e. The van der Waals surface area contributed by atoms with Gasteiger partial charge < -0.3 is 5.32 Å². The molecule has 1 N–H and O–H groups in total. The Morgan fingerprint density at radius 3 is 3.00 bits per heavy atom. The molecule has 1 nitrogen and oxygen atoms in total. The van der Waals surface area contributed by atoms with E-state index >= 15 is 0 Å². The van der Waals surface area contributed by atoms with Crippen molar-refractivity contribution >= 4 is 11.8 Å². The largest absolute Gasteiger partial charge is 0.388 e. The molecule has 1 rings (SSSR count). The Bertz CT molecular complexity index is 172. The molecule has 1 unspecified atom stereocenters. The monoisotopic (exact) mass is 169 g/mol. The summed E-state index contributed by atoms with van der Waals surface area (Å²) in [7, 11) is 1.96. The molecule has 2 heteroatoms. The van der Waals surface area contributed by atoms with E-state index in [9.17, 15) is 0 Å². The van der Waals surface area contributed by atoms with Crippen molar-refractivity contribution in [2.75, 3.05) is 19.1 Å². The molecule has 1 aliphatic carbocycles. The van der Waals surface area contributed by atoms with Crippen LogP contribution in [0, 0.1) is 5.92 Å². The molecular formula is C9H15NS. The van der Waals surface area contributed by atoms with E-state index in [1.54, 1.807) is 0 Å². The topological polar surface area (TPSA) is 12.0 Å². The second-order valence-electron chi connectivity index (χ2n) is 2.72. The molecule has 0 fully saturated rings. The third-order valence-electron chi connectivity index (χ3n) is 1.86. The van der Waals surface area contributed by atoms with Crippen LogP contribution in [0.3, 0.4) is 0 Å². The van der Waals surface area contributed by atoms with E-state index in [0.29, 0.717) is 0 Å². The predicted octanol–water partition coefficient (Wildman–Crippen LogP) is 2.03. The summed E-state index contributed by atoms with van der Waals surface area (Å²) in [5.74, 6) is 1.99. The molecule has 0 aromatic carbocycles. The minimum absolute atomic E-state index is 0.752. The number of thioether (sulfide) groups is 1. The van der Waals surface area contributed by atoms with Crippen LogP contribution in [0.1, 0.15) is 6.42 Å². The quantitative estimate of drug-likeness (QED) is 0.694. The minimum atomic E-state index is 0.752. The number of rotatable bonds is 3. The fraction of sp³-hybridized carbons (Fsp3) is 0.556. The smallest absolute Gasteiger partial charge is 0.0294 e. The lowest BCUT2D eigenvalue weighted by molar-refractivity contribution is 0.734. The van der Waals surface area contributed by atoms with Crippen molar-refractivity contribution < 1.29 is 0 Å². The first kappa shape index (κ1) is 8.72. The van der Waals surface area contributed by atoms with Gasteiger partial charge in [-0.25, -0.2) is 0 Å². The summed E-state index contributed by atoms with van der Waals surface area (Å²) < 4.78 is 0. The Hall–Kier alpha value is -0.370. The van der Waals surface area contributed by atoms with Gasteiger partial charge in [0.25, 0.3) is 0 Å². The average molecular weight is 169 g/mol. The number of hydrogen-bond donors (Lipinski definition) is 1. The van der Waals surface area contributed by atoms with Gasteiger partial charge in [-0.05, 0) is 30.4 Å². The van der Waals surface area contributed by atoms with Crippen LogP contribution in [-0.2, 0) is 0 Å². The highest BCUT2D eigenvalue weighted by Crippen LogP contribution is 2.17. The molecule has 1 atom stereocenters. The molecule has 62 valence electrons. The SMILES string of the molecule is CNC1=CCC(CSC)C=C1. The summed E-state index contributed by atoms with van der Waals surface area (Å²) >= 11 is 1.92. The van der Waals surface area contributed by atoms with Gasteiger partial charge in [-0.1, -0.05) is 12.2 Å². The highest BCUT2D eigenvalue weighted by atomic mass is 32.2. The maximum atomic E-state index is 3.13. The molecule has 0 saturated heterocycles. The van der Waals surface area contributed by atoms with Crippen LogP contribution < -0.4 is 5.32 Å². The summed E-state index contributed by atoms with van der Waals surface area (Å²) in [5.41, 5.74) is 1.25. The number of nitrogens with one attached hydrogen (secondary N) is 1. The molecule has 0 saturated carbocycles. The molecule has 1 aliphatic rings. The second-order valence-corrected chi connectivity index (χ2v) is 3.63. The molecule has 0 radical (unpaired) electrons. The molecule has 11 heavy (non-hydrogen) atoms. The Morgan fingerprint density at radius 2 is 2.55 bits per heavy atom. The van der Waals surface area contributed by atoms with Crippen LogP contribution >= 0.6 is 11.8 Å². The number of hydrogen-bond acceptors (Lipinski definition) is 2. The first-order chi connectivity index (χ1) is 5.36. The number of likely N-dealkylation sites (N-methyl/N-ethyl adjacent to an activating group) is 1. The van der Waals surface area contributed by atoms with E-state index < -0.39 is 0 Å². The molecule has 0 heterocycles. The Kier molecular flexibility index (Phi) is 3.57. The van der Waals surface area contributed by atoms with Gasteiger partial charge in [-0.15, -0.1) is 0 Å². The molecular weight excluding hydrogens is 154 g/mol. The standard InChI is InChI=1S/C9H15NS/c1-10-9-5-3-8(4-6-9)7-11-2/h3,5-6,8,10H,4,7H2,1-2H3. The third-order valence-corrected chi connectivity index (χ3v) is 2.62. The van der Waals surface area contributed by atoms with Gasteiger partial charge in [0.05, 0.1) is 0 Å². The molecule has 0 spiro atoms. The zero-order chi connectivity index (χ0) is 8.10. The van der Waals surface area contributed by atoms with Gasteiger partial charge in [-0.2, -0.15) is 11.8 Å². The zero-order valence-electron chi connectivity index (χ0n) is 7.13. The van der Waals surface area contributed by atoms with Crippen LogP contribution in [0.25, 0.3) is 0 Å². The summed E-state index contributed by atoms with van der Waals surface area (Å²) in [6.07, 6.45) is 10.1. The first-order valence-corrected chi connectivity index (χ1v) is 5.31. The summed E-state index contributed by atoms with van der Waals surface area (Å²) in [6.45, 7) is 0. The van der Waals surface area contributed by atoms with Crippen molar-refractivity contribution in [3.63, 3.8) is 0 Å². The number of allylic oxidation sites excluding steroid dienone is 3. The van der Waals surface area contributed by atoms with Crippen molar-refractivity contribution in [3.05, 3.63) is 23.9 Å². The highest BCUT2D eigenvalue weighted by molar-refractivity contribution is 7.98. The van der Waals surface area contributed by atoms with E-state index in [2.05, 4.69) is 29.8 Å². The predicted molar refractivity (Wildman–Crippen MR) is 52.8 cm³/mol. The van der Waals surface area contributed by atoms with Gasteiger partial charge in [-0.3, -0.25) is 0 Å². The second kappa shape index (κ2) is 4.50. The van der Waals surface area contributed by atoms with Gasteiger partial charge in [0, 0.05) is 12.7 Å². The maximum absolute atomic E-state index is 3.13. The van der Waals surface area contributed by atoms with E-state index in [0.717, 1.165) is 5.92 Å². The summed E-state index contributed by atoms with van der Waals surface area (Å²) in [4.78, 5) is 0. The lowest BCUT2D eigenvalue weighted by Crippen LogP contribution is -2.09. The molecule has 0 aromatic rings. The van der Waals surface area contributed by atoms with E-state index in [1.165, 1.54) is 17.9 Å². The fourth-order valence-electron chi connectivity index (χ4n) is 1.19. The average Bonchev–Trinajstić information content (AvgIpc) is 2.07. The van der Waals surface area contributed by atoms with Crippen molar-refractivity contribution in [2.24, 2.45) is 5.92 Å². The molecule has 0 aromatic heterocycles. The van der Waals surface area contributed by atoms with Crippen LogP contribution in [0.5, 0.6) is 0 Å². The van der Waals surface area contributed by atoms with Crippen molar-refractivity contribution in [1.29, 1.82) is 0 Å². The van der Waals surface area contributed by atoms with Crippen LogP contribution in [-0.4, -0.2) is 19.1 Å². The van der Waals surface area contributed by atoms with Gasteiger partial charge >= 0.3 is 0 Å². The van der Waals surface area contributed by atoms with Gasteiger partial charge in [0.2, 0.25) is 0 Å². The molecule has 0 aliphatic heterocycles. The normalized spacial score (nSPS) is 23.1. The highest BCUT2D eigenvalue weighted by Gasteiger charge is 2.06. The van der Waals surface area contributed by atoms with Gasteiger partial charge in [0.15, 0.2) is 0 Å². The maximum Gasteiger partial charge on any atom is 0.0294 e. The van der Waals surface area contributed by atoms with Crippen molar-refractivity contribution in [2.45, 2.75) is 6.42 Å². The first-order valence-electron chi connectivity index (χ1n) is 3.92. The zero-order valence-corrected chi connectivity index (χ0v) is 7.95. The van der Waals surface area contributed by atoms with E-state index in [4.69, 9.17) is 0 Å². The fourth-order valence-corrected chi connectivity index (χ4v) is 1.86. The van der Waals surface area contributed by atoms with Gasteiger partial charge in [0.1, 0.15) is 0 Å². The summed E-state index contributed by atoms with van der Waals surface area (Å²) in [6, 6.07) is 0. The summed E-state index contributed by atoms with van der Waals surface area (Å²) in [5, 5.41) is 3.13. The molecule has 0 bridgehead atoms. The third kappa shape index (κ3) is 2.62. The lowest BCUT2D eigenvalue weighted by Gasteiger charge is -2.14. The van der Waals surface area contributed by atoms with Crippen LogP contribution in [0.2, 0.25) is 0 Å². The molecule has 0 amide bonds. The van der Waals surface area contributed by atoms with E-state index in [1.807, 2.05) is 18.8 Å².